The number of phenols is 1. The number of hydrogen-bond acceptors (Lipinski definition) is 3. The van der Waals surface area contributed by atoms with Crippen molar-refractivity contribution in [1.29, 1.82) is 0 Å². The molecule has 2 N–H and O–H groups in total. The molecule has 5 heteroatoms. The van der Waals surface area contributed by atoms with Crippen LogP contribution in [0.2, 0.25) is 0 Å². The van der Waals surface area contributed by atoms with Crippen LogP contribution in [-0.4, -0.2) is 10.1 Å². The van der Waals surface area contributed by atoms with Crippen molar-refractivity contribution in [3.8, 4) is 5.75 Å². The Morgan fingerprint density at radius 2 is 2.00 bits per heavy atom. The number of benzene rings is 1. The van der Waals surface area contributed by atoms with E-state index in [4.69, 9.17) is 0 Å². The summed E-state index contributed by atoms with van der Waals surface area (Å²) in [5.41, 5.74) is 2.71. The molecule has 18 heavy (non-hydrogen) atoms. The highest BCUT2D eigenvalue weighted by molar-refractivity contribution is 9.10. The fourth-order valence-corrected chi connectivity index (χ4v) is 2.42. The first kappa shape index (κ1) is 13.4. The van der Waals surface area contributed by atoms with Crippen LogP contribution in [0.5, 0.6) is 5.75 Å². The van der Waals surface area contributed by atoms with Crippen LogP contribution in [0, 0.1) is 6.92 Å². The predicted molar refractivity (Wildman–Crippen MR) is 79.8 cm³/mol. The number of nitrogens with one attached hydrogen (secondary N) is 1. The largest absolute Gasteiger partial charge is 0.506 e. The molecule has 1 aromatic carbocycles. The molecule has 0 saturated heterocycles. The van der Waals surface area contributed by atoms with Crippen LogP contribution in [0.4, 0.5) is 5.69 Å². The lowest BCUT2D eigenvalue weighted by molar-refractivity contribution is 0.465. The predicted octanol–water partition coefficient (Wildman–Crippen LogP) is 4.23. The van der Waals surface area contributed by atoms with Crippen LogP contribution in [0.25, 0.3) is 0 Å². The zero-order valence-electron chi connectivity index (χ0n) is 9.74. The van der Waals surface area contributed by atoms with Crippen molar-refractivity contribution in [1.82, 2.24) is 4.98 Å². The molecule has 0 saturated carbocycles. The molecule has 1 aromatic heterocycles. The number of aromatic nitrogens is 1. The number of hydrogen-bond donors (Lipinski definition) is 2. The molecule has 2 rings (SSSR count). The van der Waals surface area contributed by atoms with E-state index in [2.05, 4.69) is 42.2 Å². The number of phenolic OH excluding ortho intramolecular Hbond substituents is 1. The molecule has 1 heterocycles. The van der Waals surface area contributed by atoms with Gasteiger partial charge in [-0.1, -0.05) is 12.1 Å². The summed E-state index contributed by atoms with van der Waals surface area (Å²) in [5.74, 6) is 0.271. The van der Waals surface area contributed by atoms with Gasteiger partial charge >= 0.3 is 0 Å². The highest BCUT2D eigenvalue weighted by Crippen LogP contribution is 2.28. The van der Waals surface area contributed by atoms with Crippen molar-refractivity contribution in [2.24, 2.45) is 0 Å². The molecule has 0 unspecified atom stereocenters. The van der Waals surface area contributed by atoms with Gasteiger partial charge in [-0.2, -0.15) is 0 Å². The molecule has 0 amide bonds. The topological polar surface area (TPSA) is 45.2 Å². The van der Waals surface area contributed by atoms with E-state index in [9.17, 15) is 5.11 Å². The van der Waals surface area contributed by atoms with E-state index in [1.807, 2.05) is 37.3 Å². The first-order valence-corrected chi connectivity index (χ1v) is 7.00. The highest BCUT2D eigenvalue weighted by Gasteiger charge is 2.05. The molecule has 0 aliphatic rings. The molecule has 3 nitrogen and oxygen atoms in total. The van der Waals surface area contributed by atoms with Crippen molar-refractivity contribution in [3.63, 3.8) is 0 Å². The molecule has 0 bridgehead atoms. The first-order valence-electron chi connectivity index (χ1n) is 5.41. The molecular weight excluding hydrogens is 360 g/mol. The first-order chi connectivity index (χ1) is 8.58. The van der Waals surface area contributed by atoms with Gasteiger partial charge in [-0.05, 0) is 57.0 Å². The third-order valence-electron chi connectivity index (χ3n) is 2.59. The second-order valence-corrected chi connectivity index (χ2v) is 5.53. The summed E-state index contributed by atoms with van der Waals surface area (Å²) in [6.07, 6.45) is 0. The Morgan fingerprint density at radius 1 is 1.22 bits per heavy atom. The number of halogens is 2. The van der Waals surface area contributed by atoms with Gasteiger partial charge in [-0.15, -0.1) is 0 Å². The smallest absolute Gasteiger partial charge is 0.134 e. The maximum atomic E-state index is 9.88. The monoisotopic (exact) mass is 370 g/mol. The normalized spacial score (nSPS) is 10.4. The van der Waals surface area contributed by atoms with Gasteiger partial charge in [0.1, 0.15) is 10.4 Å². The lowest BCUT2D eigenvalue weighted by atomic mass is 10.2. The van der Waals surface area contributed by atoms with Gasteiger partial charge in [0.05, 0.1) is 15.9 Å². The molecule has 0 fully saturated rings. The van der Waals surface area contributed by atoms with Gasteiger partial charge < -0.3 is 10.4 Å². The van der Waals surface area contributed by atoms with E-state index in [-0.39, 0.29) is 5.75 Å². The van der Waals surface area contributed by atoms with Crippen LogP contribution in [0.15, 0.2) is 39.4 Å². The molecule has 94 valence electrons. The summed E-state index contributed by atoms with van der Waals surface area (Å²) in [6.45, 7) is 2.49. The van der Waals surface area contributed by atoms with Crippen molar-refractivity contribution in [2.75, 3.05) is 5.32 Å². The molecule has 0 radical (unpaired) electrons. The number of para-hydroxylation sites is 1. The Balaban J connectivity index is 2.14. The second-order valence-electron chi connectivity index (χ2n) is 3.87. The number of aryl methyl sites for hydroxylation is 1. The van der Waals surface area contributed by atoms with Gasteiger partial charge in [0, 0.05) is 12.1 Å². The summed E-state index contributed by atoms with van der Waals surface area (Å²) < 4.78 is 1.52. The Morgan fingerprint density at radius 3 is 2.72 bits per heavy atom. The van der Waals surface area contributed by atoms with Gasteiger partial charge in [0.25, 0.3) is 0 Å². The van der Waals surface area contributed by atoms with E-state index >= 15 is 0 Å². The summed E-state index contributed by atoms with van der Waals surface area (Å²) in [5, 5.41) is 13.1. The SMILES string of the molecule is Cc1nc(Br)ccc1NCc1cccc(Br)c1O. The maximum absolute atomic E-state index is 9.88. The van der Waals surface area contributed by atoms with Crippen LogP contribution < -0.4 is 5.32 Å². The van der Waals surface area contributed by atoms with E-state index in [0.717, 1.165) is 21.5 Å². The Hall–Kier alpha value is -1.07. The molecule has 0 atom stereocenters. The molecule has 0 spiro atoms. The van der Waals surface area contributed by atoms with E-state index in [0.29, 0.717) is 11.0 Å². The maximum Gasteiger partial charge on any atom is 0.134 e. The van der Waals surface area contributed by atoms with Crippen molar-refractivity contribution in [2.45, 2.75) is 13.5 Å². The minimum atomic E-state index is 0.271. The third-order valence-corrected chi connectivity index (χ3v) is 3.67. The Kier molecular flexibility index (Phi) is 4.24. The molecule has 0 aliphatic heterocycles. The summed E-state index contributed by atoms with van der Waals surface area (Å²) in [7, 11) is 0. The van der Waals surface area contributed by atoms with Crippen LogP contribution in [-0.2, 0) is 6.54 Å². The van der Waals surface area contributed by atoms with Gasteiger partial charge in [-0.25, -0.2) is 4.98 Å². The summed E-state index contributed by atoms with van der Waals surface area (Å²) in [4.78, 5) is 4.31. The standard InChI is InChI=1S/C13H12Br2N2O/c1-8-11(5-6-12(15)17-8)16-7-9-3-2-4-10(14)13(9)18/h2-6,16,18H,7H2,1H3. The van der Waals surface area contributed by atoms with Gasteiger partial charge in [0.2, 0.25) is 0 Å². The average Bonchev–Trinajstić information content (AvgIpc) is 2.33. The highest BCUT2D eigenvalue weighted by atomic mass is 79.9. The minimum Gasteiger partial charge on any atom is -0.506 e. The number of nitrogens with zero attached hydrogens (tertiary/aromatic N) is 1. The lowest BCUT2D eigenvalue weighted by Gasteiger charge is -2.11. The Bertz CT molecular complexity index is 573. The summed E-state index contributed by atoms with van der Waals surface area (Å²) in [6, 6.07) is 9.44. The van der Waals surface area contributed by atoms with Crippen LogP contribution in [0.1, 0.15) is 11.3 Å². The fraction of sp³-hybridized carbons (Fsp3) is 0.154. The number of pyridine rings is 1. The Labute approximate surface area is 123 Å². The van der Waals surface area contributed by atoms with E-state index in [1.165, 1.54) is 0 Å². The average molecular weight is 372 g/mol. The van der Waals surface area contributed by atoms with E-state index < -0.39 is 0 Å². The zero-order valence-corrected chi connectivity index (χ0v) is 12.9. The van der Waals surface area contributed by atoms with Crippen molar-refractivity contribution in [3.05, 3.63) is 50.7 Å². The van der Waals surface area contributed by atoms with Gasteiger partial charge in [0.15, 0.2) is 0 Å². The number of anilines is 1. The quantitative estimate of drug-likeness (QED) is 0.793. The van der Waals surface area contributed by atoms with Crippen LogP contribution in [0.3, 0.4) is 0 Å². The van der Waals surface area contributed by atoms with E-state index in [1.54, 1.807) is 0 Å². The van der Waals surface area contributed by atoms with Gasteiger partial charge in [-0.3, -0.25) is 0 Å². The third kappa shape index (κ3) is 3.03. The van der Waals surface area contributed by atoms with Crippen LogP contribution >= 0.6 is 31.9 Å². The number of aromatic hydroxyl groups is 1. The van der Waals surface area contributed by atoms with Crippen molar-refractivity contribution >= 4 is 37.5 Å². The number of rotatable bonds is 3. The molecule has 0 aliphatic carbocycles. The minimum absolute atomic E-state index is 0.271. The zero-order chi connectivity index (χ0) is 13.1. The summed E-state index contributed by atoms with van der Waals surface area (Å²) >= 11 is 6.63. The van der Waals surface area contributed by atoms with Crippen molar-refractivity contribution < 1.29 is 5.11 Å². The second kappa shape index (κ2) is 5.71. The molecular formula is C13H12Br2N2O. The molecule has 2 aromatic rings. The lowest BCUT2D eigenvalue weighted by Crippen LogP contribution is -2.02. The fourth-order valence-electron chi connectivity index (χ4n) is 1.61.